The van der Waals surface area contributed by atoms with Crippen molar-refractivity contribution < 1.29 is 18.4 Å². The number of rotatable bonds is 3. The van der Waals surface area contributed by atoms with Gasteiger partial charge in [0.15, 0.2) is 5.82 Å². The van der Waals surface area contributed by atoms with E-state index in [1.807, 2.05) is 25.1 Å². The van der Waals surface area contributed by atoms with E-state index in [0.717, 1.165) is 43.9 Å². The summed E-state index contributed by atoms with van der Waals surface area (Å²) in [5.41, 5.74) is 10.4. The highest BCUT2D eigenvalue weighted by Crippen LogP contribution is 2.45. The fourth-order valence-corrected chi connectivity index (χ4v) is 8.75. The number of benzene rings is 1. The molecule has 3 N–H and O–H groups in total. The SMILES string of the molecule is C[C@H]1NC(=O)c2ccc(Cl)nc2CCCCCn2c(-c3nc4cc(C(=O)N5C[C@H](N)[C@@H]6CC[C@H]5C6)cc(F)c4n3C3C[C@@H]3F)cc3ccc1nc32. The normalized spacial score (nSPS) is 26.4. The number of aromatic nitrogens is 5. The van der Waals surface area contributed by atoms with Crippen molar-refractivity contribution in [1.29, 1.82) is 0 Å². The van der Waals surface area contributed by atoms with Gasteiger partial charge in [0, 0.05) is 42.5 Å². The monoisotopic (exact) mass is 712 g/mol. The largest absolute Gasteiger partial charge is 0.344 e. The van der Waals surface area contributed by atoms with E-state index in [9.17, 15) is 14.0 Å². The van der Waals surface area contributed by atoms with Crippen LogP contribution in [0.2, 0.25) is 5.15 Å². The number of nitrogens with zero attached hydrogens (tertiary/aromatic N) is 6. The number of fused-ring (bicyclic) bond motifs is 5. The molecule has 13 heteroatoms. The van der Waals surface area contributed by atoms with Crippen LogP contribution in [0.3, 0.4) is 0 Å². The van der Waals surface area contributed by atoms with Crippen molar-refractivity contribution in [3.8, 4) is 11.5 Å². The number of carbonyl (C=O) groups excluding carboxylic acids is 2. The Morgan fingerprint density at radius 2 is 1.88 bits per heavy atom. The van der Waals surface area contributed by atoms with Crippen LogP contribution in [0, 0.1) is 11.7 Å². The number of hydrogen-bond donors (Lipinski definition) is 2. The van der Waals surface area contributed by atoms with Gasteiger partial charge in [-0.1, -0.05) is 18.0 Å². The average molecular weight is 713 g/mol. The minimum atomic E-state index is -1.13. The second-order valence-electron chi connectivity index (χ2n) is 14.8. The predicted octanol–water partition coefficient (Wildman–Crippen LogP) is 6.69. The summed E-state index contributed by atoms with van der Waals surface area (Å²) in [6, 6.07) is 11.1. The molecule has 4 bridgehead atoms. The summed E-state index contributed by atoms with van der Waals surface area (Å²) < 4.78 is 35.0. The van der Waals surface area contributed by atoms with Crippen LogP contribution in [-0.2, 0) is 13.0 Å². The second-order valence-corrected chi connectivity index (χ2v) is 15.2. The summed E-state index contributed by atoms with van der Waals surface area (Å²) in [7, 11) is 0. The molecule has 1 unspecified atom stereocenters. The Hall–Kier alpha value is -4.42. The number of carbonyl (C=O) groups is 2. The van der Waals surface area contributed by atoms with E-state index in [4.69, 9.17) is 27.3 Å². The molecule has 0 radical (unpaired) electrons. The number of halogens is 3. The molecule has 2 amide bonds. The van der Waals surface area contributed by atoms with Gasteiger partial charge in [-0.05, 0) is 93.8 Å². The average Bonchev–Trinajstić information content (AvgIpc) is 3.42. The molecule has 51 heavy (non-hydrogen) atoms. The van der Waals surface area contributed by atoms with Crippen molar-refractivity contribution in [3.63, 3.8) is 0 Å². The highest BCUT2D eigenvalue weighted by atomic mass is 35.5. The highest BCUT2D eigenvalue weighted by molar-refractivity contribution is 6.29. The molecule has 6 atom stereocenters. The van der Waals surface area contributed by atoms with Crippen LogP contribution in [0.15, 0.2) is 42.5 Å². The van der Waals surface area contributed by atoms with Gasteiger partial charge in [-0.3, -0.25) is 9.59 Å². The first-order chi connectivity index (χ1) is 24.6. The third kappa shape index (κ3) is 5.58. The maximum atomic E-state index is 16.3. The van der Waals surface area contributed by atoms with Gasteiger partial charge in [-0.25, -0.2) is 23.7 Å². The van der Waals surface area contributed by atoms with E-state index in [0.29, 0.717) is 70.2 Å². The van der Waals surface area contributed by atoms with Crippen molar-refractivity contribution in [2.75, 3.05) is 6.54 Å². The summed E-state index contributed by atoms with van der Waals surface area (Å²) in [5, 5.41) is 4.26. The number of imidazole rings is 1. The smallest absolute Gasteiger partial charge is 0.254 e. The number of nitrogens with one attached hydrogen (secondary N) is 1. The quantitative estimate of drug-likeness (QED) is 0.201. The molecule has 1 aromatic carbocycles. The molecule has 3 fully saturated rings. The third-order valence-corrected chi connectivity index (χ3v) is 11.6. The van der Waals surface area contributed by atoms with Gasteiger partial charge in [0.1, 0.15) is 28.3 Å². The van der Waals surface area contributed by atoms with Gasteiger partial charge in [-0.15, -0.1) is 0 Å². The Labute approximate surface area is 298 Å². The molecular formula is C38H39ClF2N8O2. The fourth-order valence-electron chi connectivity index (χ4n) is 8.59. The van der Waals surface area contributed by atoms with E-state index < -0.39 is 24.1 Å². The molecule has 1 saturated heterocycles. The molecule has 5 aromatic rings. The van der Waals surface area contributed by atoms with Crippen molar-refractivity contribution in [1.82, 2.24) is 34.3 Å². The Bertz CT molecular complexity index is 2230. The van der Waals surface area contributed by atoms with Crippen LogP contribution in [0.4, 0.5) is 8.78 Å². The van der Waals surface area contributed by atoms with Gasteiger partial charge in [0.05, 0.1) is 40.2 Å². The summed E-state index contributed by atoms with van der Waals surface area (Å²) >= 11 is 6.21. The molecule has 4 aliphatic rings. The Balaban J connectivity index is 1.13. The second kappa shape index (κ2) is 12.4. The Morgan fingerprint density at radius 1 is 1.04 bits per heavy atom. The van der Waals surface area contributed by atoms with Gasteiger partial charge in [-0.2, -0.15) is 0 Å². The van der Waals surface area contributed by atoms with E-state index in [2.05, 4.69) is 14.9 Å². The van der Waals surface area contributed by atoms with Crippen molar-refractivity contribution in [3.05, 3.63) is 75.9 Å². The number of piperidine rings is 1. The van der Waals surface area contributed by atoms with Gasteiger partial charge >= 0.3 is 0 Å². The zero-order valence-electron chi connectivity index (χ0n) is 28.3. The minimum absolute atomic E-state index is 0.0902. The molecule has 9 rings (SSSR count). The first-order valence-corrected chi connectivity index (χ1v) is 18.4. The standard InChI is InChI=1S/C38H39ClF2N8O2/c1-19-28-10-7-21-16-32(47(35(21)45-28)12-4-2-3-5-29-24(37(50)43-19)9-11-33(39)44-29)36-46-30-15-22(14-26(41)34(30)49(36)31-17-25(31)40)38(51)48-18-27(42)20-6-8-23(48)13-20/h7,9-11,14-16,19-20,23,25,27,31H,2-6,8,12-13,17-18,42H2,1H3,(H,43,50)/t19-,20-,23+,25+,27+,31?/m1/s1. The molecule has 4 aromatic heterocycles. The first kappa shape index (κ1) is 32.5. The lowest BCUT2D eigenvalue weighted by Gasteiger charge is -2.37. The Morgan fingerprint density at radius 3 is 2.71 bits per heavy atom. The first-order valence-electron chi connectivity index (χ1n) is 18.0. The lowest BCUT2D eigenvalue weighted by molar-refractivity contribution is 0.0603. The minimum Gasteiger partial charge on any atom is -0.344 e. The van der Waals surface area contributed by atoms with E-state index in [1.165, 1.54) is 6.07 Å². The number of nitrogens with two attached hydrogens (primary N) is 1. The van der Waals surface area contributed by atoms with Crippen LogP contribution in [0.25, 0.3) is 33.6 Å². The summed E-state index contributed by atoms with van der Waals surface area (Å²) in [4.78, 5) is 43.5. The lowest BCUT2D eigenvalue weighted by atomic mass is 9.94. The number of pyridine rings is 2. The van der Waals surface area contributed by atoms with Gasteiger partial charge in [0.25, 0.3) is 11.8 Å². The van der Waals surface area contributed by atoms with E-state index >= 15 is 4.39 Å². The maximum Gasteiger partial charge on any atom is 0.254 e. The maximum absolute atomic E-state index is 16.3. The molecule has 10 nitrogen and oxygen atoms in total. The fraction of sp³-hybridized carbons (Fsp3) is 0.447. The van der Waals surface area contributed by atoms with Crippen LogP contribution in [0.5, 0.6) is 0 Å². The lowest BCUT2D eigenvalue weighted by Crippen LogP contribution is -2.51. The number of hydrogen-bond acceptors (Lipinski definition) is 6. The van der Waals surface area contributed by atoms with Crippen molar-refractivity contribution in [2.45, 2.75) is 95.2 Å². The van der Waals surface area contributed by atoms with Crippen LogP contribution in [-0.4, -0.2) is 65.6 Å². The van der Waals surface area contributed by atoms with Crippen LogP contribution < -0.4 is 11.1 Å². The third-order valence-electron chi connectivity index (χ3n) is 11.4. The zero-order chi connectivity index (χ0) is 35.1. The van der Waals surface area contributed by atoms with Crippen LogP contribution in [0.1, 0.15) is 96.1 Å². The van der Waals surface area contributed by atoms with Crippen molar-refractivity contribution in [2.24, 2.45) is 11.7 Å². The van der Waals surface area contributed by atoms with E-state index in [-0.39, 0.29) is 41.4 Å². The van der Waals surface area contributed by atoms with E-state index in [1.54, 1.807) is 27.7 Å². The molecule has 2 aliphatic heterocycles. The molecule has 264 valence electrons. The molecular weight excluding hydrogens is 674 g/mol. The topological polar surface area (TPSA) is 124 Å². The summed E-state index contributed by atoms with van der Waals surface area (Å²) in [5.74, 6) is -0.232. The van der Waals surface area contributed by atoms with Gasteiger partial charge < -0.3 is 25.1 Å². The zero-order valence-corrected chi connectivity index (χ0v) is 29.0. The number of likely N-dealkylation sites (tertiary alicyclic amines) is 1. The van der Waals surface area contributed by atoms with Crippen molar-refractivity contribution >= 4 is 45.5 Å². The summed E-state index contributed by atoms with van der Waals surface area (Å²) in [6.45, 7) is 2.92. The molecule has 6 heterocycles. The predicted molar refractivity (Wildman–Crippen MR) is 190 cm³/mol. The number of amides is 2. The number of alkyl halides is 1. The summed E-state index contributed by atoms with van der Waals surface area (Å²) in [6.07, 6.45) is 4.89. The Kier molecular flexibility index (Phi) is 7.88. The number of aryl methyl sites for hydroxylation is 2. The van der Waals surface area contributed by atoms with Crippen LogP contribution >= 0.6 is 11.6 Å². The van der Waals surface area contributed by atoms with Gasteiger partial charge in [0.2, 0.25) is 0 Å². The molecule has 2 aliphatic carbocycles. The molecule has 0 spiro atoms. The highest BCUT2D eigenvalue weighted by Gasteiger charge is 2.44. The molecule has 2 saturated carbocycles.